The van der Waals surface area contributed by atoms with Crippen LogP contribution in [0.25, 0.3) is 0 Å². The Labute approximate surface area is 113 Å². The second kappa shape index (κ2) is 5.17. The van der Waals surface area contributed by atoms with Gasteiger partial charge in [-0.25, -0.2) is 9.78 Å². The zero-order valence-electron chi connectivity index (χ0n) is 11.6. The largest absolute Gasteiger partial charge is 0.478 e. The first-order valence-corrected chi connectivity index (χ1v) is 6.49. The molecule has 1 saturated heterocycles. The Bertz CT molecular complexity index is 494. The minimum atomic E-state index is -0.951. The smallest absolute Gasteiger partial charge is 0.339 e. The molecule has 104 valence electrons. The maximum Gasteiger partial charge on any atom is 0.339 e. The third-order valence-electron chi connectivity index (χ3n) is 3.42. The number of anilines is 1. The lowest BCUT2D eigenvalue weighted by Crippen LogP contribution is -2.43. The summed E-state index contributed by atoms with van der Waals surface area (Å²) in [5.41, 5.74) is 1.53. The lowest BCUT2D eigenvalue weighted by atomic mass is 9.94. The van der Waals surface area contributed by atoms with Crippen molar-refractivity contribution in [1.82, 2.24) is 4.98 Å². The van der Waals surface area contributed by atoms with E-state index in [-0.39, 0.29) is 11.1 Å². The number of carbonyl (C=O) groups is 1. The van der Waals surface area contributed by atoms with Gasteiger partial charge in [0.2, 0.25) is 0 Å². The van der Waals surface area contributed by atoms with E-state index < -0.39 is 5.97 Å². The van der Waals surface area contributed by atoms with E-state index in [9.17, 15) is 9.90 Å². The molecule has 1 aromatic rings. The molecule has 0 aliphatic carbocycles. The van der Waals surface area contributed by atoms with Gasteiger partial charge in [0.1, 0.15) is 11.4 Å². The van der Waals surface area contributed by atoms with Gasteiger partial charge in [-0.05, 0) is 45.2 Å². The number of carboxylic acids is 1. The first kappa shape index (κ1) is 13.8. The van der Waals surface area contributed by atoms with Crippen molar-refractivity contribution < 1.29 is 14.6 Å². The van der Waals surface area contributed by atoms with Gasteiger partial charge in [-0.1, -0.05) is 0 Å². The van der Waals surface area contributed by atoms with Gasteiger partial charge in [0.05, 0.1) is 12.1 Å². The van der Waals surface area contributed by atoms with Gasteiger partial charge in [0.15, 0.2) is 0 Å². The van der Waals surface area contributed by atoms with E-state index in [2.05, 4.69) is 10.3 Å². The van der Waals surface area contributed by atoms with Crippen molar-refractivity contribution in [3.05, 3.63) is 22.9 Å². The fourth-order valence-electron chi connectivity index (χ4n) is 2.52. The van der Waals surface area contributed by atoms with E-state index in [1.807, 2.05) is 13.8 Å². The van der Waals surface area contributed by atoms with Crippen molar-refractivity contribution in [2.45, 2.75) is 39.2 Å². The van der Waals surface area contributed by atoms with Crippen molar-refractivity contribution in [3.8, 4) is 0 Å². The monoisotopic (exact) mass is 264 g/mol. The SMILES string of the molecule is Cc1cc(C)c(C(=O)O)c(NC2(C)CCCOC2)n1. The molecule has 1 unspecified atom stereocenters. The Hall–Kier alpha value is -1.62. The van der Waals surface area contributed by atoms with Crippen molar-refractivity contribution in [2.75, 3.05) is 18.5 Å². The quantitative estimate of drug-likeness (QED) is 0.877. The van der Waals surface area contributed by atoms with Crippen LogP contribution in [0.15, 0.2) is 6.07 Å². The highest BCUT2D eigenvalue weighted by Gasteiger charge is 2.30. The number of carboxylic acid groups (broad SMARTS) is 1. The van der Waals surface area contributed by atoms with Crippen LogP contribution in [0.5, 0.6) is 0 Å². The fraction of sp³-hybridized carbons (Fsp3) is 0.571. The summed E-state index contributed by atoms with van der Waals surface area (Å²) in [7, 11) is 0. The highest BCUT2D eigenvalue weighted by Crippen LogP contribution is 2.27. The van der Waals surface area contributed by atoms with Crippen LogP contribution in [-0.2, 0) is 4.74 Å². The second-order valence-electron chi connectivity index (χ2n) is 5.45. The molecule has 0 saturated carbocycles. The van der Waals surface area contributed by atoms with Crippen LogP contribution in [0.1, 0.15) is 41.4 Å². The van der Waals surface area contributed by atoms with Gasteiger partial charge in [-0.3, -0.25) is 0 Å². The van der Waals surface area contributed by atoms with Crippen molar-refractivity contribution >= 4 is 11.8 Å². The van der Waals surface area contributed by atoms with Crippen LogP contribution in [0.2, 0.25) is 0 Å². The maximum atomic E-state index is 11.4. The van der Waals surface area contributed by atoms with E-state index in [0.29, 0.717) is 12.4 Å². The van der Waals surface area contributed by atoms with Crippen LogP contribution in [0, 0.1) is 13.8 Å². The average molecular weight is 264 g/mol. The summed E-state index contributed by atoms with van der Waals surface area (Å²) in [5, 5.41) is 12.6. The molecule has 2 rings (SSSR count). The number of aromatic nitrogens is 1. The van der Waals surface area contributed by atoms with E-state index in [1.165, 1.54) is 0 Å². The van der Waals surface area contributed by atoms with Crippen LogP contribution >= 0.6 is 0 Å². The summed E-state index contributed by atoms with van der Waals surface area (Å²) < 4.78 is 5.48. The van der Waals surface area contributed by atoms with Crippen molar-refractivity contribution in [3.63, 3.8) is 0 Å². The molecule has 1 aliphatic heterocycles. The van der Waals surface area contributed by atoms with Gasteiger partial charge in [0.25, 0.3) is 0 Å². The Morgan fingerprint density at radius 3 is 2.84 bits per heavy atom. The highest BCUT2D eigenvalue weighted by molar-refractivity contribution is 5.95. The van der Waals surface area contributed by atoms with Crippen molar-refractivity contribution in [2.24, 2.45) is 0 Å². The summed E-state index contributed by atoms with van der Waals surface area (Å²) in [6.07, 6.45) is 1.91. The highest BCUT2D eigenvalue weighted by atomic mass is 16.5. The van der Waals surface area contributed by atoms with Gasteiger partial charge < -0.3 is 15.2 Å². The standard InChI is InChI=1S/C14H20N2O3/c1-9-7-10(2)15-12(11(9)13(17)18)16-14(3)5-4-6-19-8-14/h7H,4-6,8H2,1-3H3,(H,15,16)(H,17,18). The molecule has 0 bridgehead atoms. The number of aromatic carboxylic acids is 1. The molecule has 1 atom stereocenters. The Kier molecular flexibility index (Phi) is 3.75. The average Bonchev–Trinajstić information content (AvgIpc) is 2.27. The van der Waals surface area contributed by atoms with E-state index >= 15 is 0 Å². The van der Waals surface area contributed by atoms with Crippen molar-refractivity contribution in [1.29, 1.82) is 0 Å². The molecule has 5 nitrogen and oxygen atoms in total. The summed E-state index contributed by atoms with van der Waals surface area (Å²) in [6.45, 7) is 7.04. The van der Waals surface area contributed by atoms with E-state index in [4.69, 9.17) is 4.74 Å². The number of hydrogen-bond acceptors (Lipinski definition) is 4. The lowest BCUT2D eigenvalue weighted by Gasteiger charge is -2.35. The molecule has 0 amide bonds. The molecular weight excluding hydrogens is 244 g/mol. The molecule has 0 aromatic carbocycles. The first-order chi connectivity index (χ1) is 8.91. The zero-order valence-corrected chi connectivity index (χ0v) is 11.6. The summed E-state index contributed by atoms with van der Waals surface area (Å²) in [5.74, 6) is -0.508. The normalized spacial score (nSPS) is 23.1. The van der Waals surface area contributed by atoms with Gasteiger partial charge in [-0.15, -0.1) is 0 Å². The Morgan fingerprint density at radius 2 is 2.26 bits per heavy atom. The number of nitrogens with zero attached hydrogens (tertiary/aromatic N) is 1. The van der Waals surface area contributed by atoms with E-state index in [1.54, 1.807) is 13.0 Å². The Morgan fingerprint density at radius 1 is 1.53 bits per heavy atom. The van der Waals surface area contributed by atoms with Crippen LogP contribution in [0.3, 0.4) is 0 Å². The first-order valence-electron chi connectivity index (χ1n) is 6.49. The van der Waals surface area contributed by atoms with Crippen LogP contribution < -0.4 is 5.32 Å². The molecular formula is C14H20N2O3. The minimum absolute atomic E-state index is 0.248. The predicted molar refractivity (Wildman–Crippen MR) is 72.8 cm³/mol. The van der Waals surface area contributed by atoms with Gasteiger partial charge in [-0.2, -0.15) is 0 Å². The fourth-order valence-corrected chi connectivity index (χ4v) is 2.52. The number of hydrogen-bond donors (Lipinski definition) is 2. The van der Waals surface area contributed by atoms with Crippen LogP contribution in [0.4, 0.5) is 5.82 Å². The predicted octanol–water partition coefficient (Wildman–Crippen LogP) is 2.38. The number of ether oxygens (including phenoxy) is 1. The third kappa shape index (κ3) is 3.04. The third-order valence-corrected chi connectivity index (χ3v) is 3.42. The number of aryl methyl sites for hydroxylation is 2. The topological polar surface area (TPSA) is 71.5 Å². The molecule has 5 heteroatoms. The molecule has 1 aromatic heterocycles. The van der Waals surface area contributed by atoms with E-state index in [0.717, 1.165) is 30.7 Å². The molecule has 1 fully saturated rings. The summed E-state index contributed by atoms with van der Waals surface area (Å²) >= 11 is 0. The maximum absolute atomic E-state index is 11.4. The summed E-state index contributed by atoms with van der Waals surface area (Å²) in [6, 6.07) is 1.79. The van der Waals surface area contributed by atoms with Gasteiger partial charge in [0, 0.05) is 12.3 Å². The minimum Gasteiger partial charge on any atom is -0.478 e. The van der Waals surface area contributed by atoms with Crippen LogP contribution in [-0.4, -0.2) is 34.8 Å². The number of pyridine rings is 1. The number of rotatable bonds is 3. The molecule has 19 heavy (non-hydrogen) atoms. The Balaban J connectivity index is 2.35. The molecule has 1 aliphatic rings. The second-order valence-corrected chi connectivity index (χ2v) is 5.45. The number of nitrogens with one attached hydrogen (secondary N) is 1. The lowest BCUT2D eigenvalue weighted by molar-refractivity contribution is 0.0536. The molecule has 0 radical (unpaired) electrons. The van der Waals surface area contributed by atoms with Gasteiger partial charge >= 0.3 is 5.97 Å². The molecule has 2 heterocycles. The molecule has 2 N–H and O–H groups in total. The molecule has 0 spiro atoms. The summed E-state index contributed by atoms with van der Waals surface area (Å²) in [4.78, 5) is 15.7. The zero-order chi connectivity index (χ0) is 14.0.